The number of carbonyl (C=O) groups is 1. The normalized spacial score (nSPS) is 17.9. The number of amides is 1. The van der Waals surface area contributed by atoms with E-state index >= 15 is 0 Å². The fraction of sp³-hybridized carbons (Fsp3) is 0.500. The number of hydrogen-bond donors (Lipinski definition) is 1. The van der Waals surface area contributed by atoms with Crippen molar-refractivity contribution in [3.8, 4) is 11.3 Å². The van der Waals surface area contributed by atoms with E-state index in [1.165, 1.54) is 44.4 Å². The second kappa shape index (κ2) is 9.31. The molecule has 1 saturated heterocycles. The van der Waals surface area contributed by atoms with Gasteiger partial charge in [-0.25, -0.2) is 14.4 Å². The van der Waals surface area contributed by atoms with Gasteiger partial charge in [0.25, 0.3) is 5.91 Å². The van der Waals surface area contributed by atoms with Crippen LogP contribution in [0.2, 0.25) is 0 Å². The first-order chi connectivity index (χ1) is 14.2. The lowest BCUT2D eigenvalue weighted by atomic mass is 9.89. The molecule has 0 atom stereocenters. The summed E-state index contributed by atoms with van der Waals surface area (Å²) in [5.41, 5.74) is 0.966. The van der Waals surface area contributed by atoms with Gasteiger partial charge in [-0.2, -0.15) is 0 Å². The first-order valence-electron chi connectivity index (χ1n) is 10.4. The van der Waals surface area contributed by atoms with Gasteiger partial charge in [0.1, 0.15) is 5.82 Å². The largest absolute Gasteiger partial charge is 0.378 e. The molecular weight excluding hydrogens is 371 g/mol. The van der Waals surface area contributed by atoms with E-state index in [2.05, 4.69) is 15.3 Å². The fourth-order valence-corrected chi connectivity index (χ4v) is 4.05. The highest BCUT2D eigenvalue weighted by molar-refractivity contribution is 6.00. The van der Waals surface area contributed by atoms with Crippen molar-refractivity contribution in [2.75, 3.05) is 38.2 Å². The van der Waals surface area contributed by atoms with Gasteiger partial charge in [-0.15, -0.1) is 0 Å². The Hall–Kier alpha value is -2.54. The van der Waals surface area contributed by atoms with Crippen LogP contribution in [0.15, 0.2) is 30.5 Å². The van der Waals surface area contributed by atoms with Crippen LogP contribution in [0, 0.1) is 11.7 Å². The van der Waals surface area contributed by atoms with Crippen molar-refractivity contribution in [3.05, 3.63) is 41.8 Å². The molecule has 0 bridgehead atoms. The number of morpholine rings is 1. The van der Waals surface area contributed by atoms with Gasteiger partial charge in [-0.05, 0) is 30.9 Å². The molecule has 0 radical (unpaired) electrons. The Kier molecular flexibility index (Phi) is 6.34. The van der Waals surface area contributed by atoms with E-state index in [1.807, 2.05) is 0 Å². The van der Waals surface area contributed by atoms with Crippen molar-refractivity contribution in [1.29, 1.82) is 0 Å². The van der Waals surface area contributed by atoms with Gasteiger partial charge in [-0.3, -0.25) is 4.79 Å². The van der Waals surface area contributed by atoms with E-state index in [1.54, 1.807) is 23.1 Å². The van der Waals surface area contributed by atoms with Crippen molar-refractivity contribution in [1.82, 2.24) is 14.9 Å². The lowest BCUT2D eigenvalue weighted by Crippen LogP contribution is -2.41. The molecule has 1 aliphatic carbocycles. The molecule has 2 fully saturated rings. The highest BCUT2D eigenvalue weighted by atomic mass is 19.1. The molecule has 6 nitrogen and oxygen atoms in total. The zero-order valence-corrected chi connectivity index (χ0v) is 16.6. The number of aromatic nitrogens is 2. The molecule has 2 aromatic rings. The van der Waals surface area contributed by atoms with Gasteiger partial charge >= 0.3 is 0 Å². The molecule has 4 rings (SSSR count). The zero-order valence-electron chi connectivity index (χ0n) is 16.6. The first kappa shape index (κ1) is 19.8. The van der Waals surface area contributed by atoms with E-state index in [4.69, 9.17) is 4.74 Å². The van der Waals surface area contributed by atoms with E-state index < -0.39 is 5.82 Å². The number of halogens is 1. The van der Waals surface area contributed by atoms with Crippen molar-refractivity contribution >= 4 is 11.9 Å². The van der Waals surface area contributed by atoms with Gasteiger partial charge in [0, 0.05) is 31.4 Å². The van der Waals surface area contributed by atoms with Crippen LogP contribution in [0.1, 0.15) is 42.5 Å². The van der Waals surface area contributed by atoms with E-state index in [0.717, 1.165) is 6.54 Å². The molecule has 29 heavy (non-hydrogen) atoms. The minimum absolute atomic E-state index is 0.189. The maximum Gasteiger partial charge on any atom is 0.257 e. The zero-order chi connectivity index (χ0) is 20.1. The Balaban J connectivity index is 1.61. The number of anilines is 1. The summed E-state index contributed by atoms with van der Waals surface area (Å²) in [5, 5.41) is 3.30. The summed E-state index contributed by atoms with van der Waals surface area (Å²) in [6.45, 7) is 2.83. The average Bonchev–Trinajstić information content (AvgIpc) is 2.79. The van der Waals surface area contributed by atoms with Gasteiger partial charge < -0.3 is 15.0 Å². The lowest BCUT2D eigenvalue weighted by molar-refractivity contribution is 0.0303. The summed E-state index contributed by atoms with van der Waals surface area (Å²) in [7, 11) is 0. The molecule has 1 aliphatic heterocycles. The Bertz CT molecular complexity index is 848. The number of nitrogens with one attached hydrogen (secondary N) is 1. The molecule has 1 amide bonds. The molecule has 2 aliphatic rings. The highest BCUT2D eigenvalue weighted by Gasteiger charge is 2.25. The maximum atomic E-state index is 14.5. The predicted molar refractivity (Wildman–Crippen MR) is 109 cm³/mol. The molecular formula is C22H27FN4O2. The summed E-state index contributed by atoms with van der Waals surface area (Å²) in [5.74, 6) is 0.456. The maximum absolute atomic E-state index is 14.5. The number of nitrogens with zero attached hydrogens (tertiary/aromatic N) is 3. The summed E-state index contributed by atoms with van der Waals surface area (Å²) in [4.78, 5) is 23.7. The Labute approximate surface area is 170 Å². The third-order valence-corrected chi connectivity index (χ3v) is 5.72. The van der Waals surface area contributed by atoms with Crippen LogP contribution in [0.5, 0.6) is 0 Å². The van der Waals surface area contributed by atoms with Crippen LogP contribution in [-0.2, 0) is 4.74 Å². The van der Waals surface area contributed by atoms with Crippen molar-refractivity contribution in [2.24, 2.45) is 5.92 Å². The molecule has 1 N–H and O–H groups in total. The van der Waals surface area contributed by atoms with Gasteiger partial charge in [0.2, 0.25) is 5.95 Å². The standard InChI is InChI=1S/C22H27FN4O2/c23-19-9-5-4-8-17(19)20-18(21(28)27-10-12-29-13-11-27)15-25-22(26-20)24-14-16-6-2-1-3-7-16/h4-5,8-9,15-16H,1-3,6-7,10-14H2,(H,24,25,26). The van der Waals surface area contributed by atoms with Gasteiger partial charge in [0.05, 0.1) is 24.5 Å². The van der Waals surface area contributed by atoms with Gasteiger partial charge in [-0.1, -0.05) is 31.4 Å². The monoisotopic (exact) mass is 398 g/mol. The Morgan fingerprint density at radius 2 is 1.93 bits per heavy atom. The average molecular weight is 398 g/mol. The quantitative estimate of drug-likeness (QED) is 0.831. The number of ether oxygens (including phenoxy) is 1. The smallest absolute Gasteiger partial charge is 0.257 e. The molecule has 0 spiro atoms. The van der Waals surface area contributed by atoms with Crippen LogP contribution in [-0.4, -0.2) is 53.6 Å². The predicted octanol–water partition coefficient (Wildman–Crippen LogP) is 3.75. The number of benzene rings is 1. The summed E-state index contributed by atoms with van der Waals surface area (Å²) in [6.07, 6.45) is 7.78. The van der Waals surface area contributed by atoms with Crippen LogP contribution < -0.4 is 5.32 Å². The Morgan fingerprint density at radius 3 is 2.69 bits per heavy atom. The molecule has 1 saturated carbocycles. The second-order valence-corrected chi connectivity index (χ2v) is 7.73. The summed E-state index contributed by atoms with van der Waals surface area (Å²) in [6, 6.07) is 6.42. The number of hydrogen-bond acceptors (Lipinski definition) is 5. The van der Waals surface area contributed by atoms with Crippen LogP contribution in [0.3, 0.4) is 0 Å². The lowest BCUT2D eigenvalue weighted by Gasteiger charge is -2.27. The van der Waals surface area contributed by atoms with Crippen LogP contribution in [0.4, 0.5) is 10.3 Å². The molecule has 1 aromatic heterocycles. The van der Waals surface area contributed by atoms with E-state index in [0.29, 0.717) is 55.0 Å². The van der Waals surface area contributed by atoms with Crippen molar-refractivity contribution in [2.45, 2.75) is 32.1 Å². The van der Waals surface area contributed by atoms with Crippen molar-refractivity contribution < 1.29 is 13.9 Å². The topological polar surface area (TPSA) is 67.4 Å². The molecule has 2 heterocycles. The molecule has 1 aromatic carbocycles. The third kappa shape index (κ3) is 4.72. The third-order valence-electron chi connectivity index (χ3n) is 5.72. The highest BCUT2D eigenvalue weighted by Crippen LogP contribution is 2.27. The second-order valence-electron chi connectivity index (χ2n) is 7.73. The molecule has 7 heteroatoms. The molecule has 0 unspecified atom stereocenters. The van der Waals surface area contributed by atoms with Crippen LogP contribution in [0.25, 0.3) is 11.3 Å². The number of carbonyl (C=O) groups excluding carboxylic acids is 1. The number of rotatable bonds is 5. The fourth-order valence-electron chi connectivity index (χ4n) is 4.05. The van der Waals surface area contributed by atoms with Crippen LogP contribution >= 0.6 is 0 Å². The minimum Gasteiger partial charge on any atom is -0.378 e. The van der Waals surface area contributed by atoms with Gasteiger partial charge in [0.15, 0.2) is 0 Å². The Morgan fingerprint density at radius 1 is 1.17 bits per heavy atom. The summed E-state index contributed by atoms with van der Waals surface area (Å²) < 4.78 is 19.9. The van der Waals surface area contributed by atoms with E-state index in [-0.39, 0.29) is 5.91 Å². The van der Waals surface area contributed by atoms with Crippen molar-refractivity contribution in [3.63, 3.8) is 0 Å². The minimum atomic E-state index is -0.402. The SMILES string of the molecule is O=C(c1cnc(NCC2CCCCC2)nc1-c1ccccc1F)N1CCOCC1. The van der Waals surface area contributed by atoms with E-state index in [9.17, 15) is 9.18 Å². The summed E-state index contributed by atoms with van der Waals surface area (Å²) >= 11 is 0. The first-order valence-corrected chi connectivity index (χ1v) is 10.4. The molecule has 154 valence electrons.